The second-order valence-electron chi connectivity index (χ2n) is 4.89. The number of aliphatic hydroxyl groups excluding tert-OH is 1. The number of aliphatic hydroxyl groups is 1. The molecule has 0 aromatic carbocycles. The molecular formula is C12H17BrN4O3. The van der Waals surface area contributed by atoms with Crippen molar-refractivity contribution in [2.24, 2.45) is 0 Å². The number of anilines is 1. The van der Waals surface area contributed by atoms with Crippen molar-refractivity contribution in [2.75, 3.05) is 37.6 Å². The summed E-state index contributed by atoms with van der Waals surface area (Å²) in [4.78, 5) is 18.7. The van der Waals surface area contributed by atoms with Crippen LogP contribution in [-0.4, -0.2) is 58.7 Å². The van der Waals surface area contributed by atoms with Gasteiger partial charge in [0.2, 0.25) is 0 Å². The maximum atomic E-state index is 10.7. The molecule has 2 heterocycles. The van der Waals surface area contributed by atoms with E-state index in [9.17, 15) is 15.2 Å². The van der Waals surface area contributed by atoms with E-state index in [0.717, 1.165) is 32.0 Å². The first kappa shape index (κ1) is 15.1. The average Bonchev–Trinajstić information content (AvgIpc) is 2.39. The lowest BCUT2D eigenvalue weighted by atomic mass is 10.2. The van der Waals surface area contributed by atoms with Gasteiger partial charge in [-0.1, -0.05) is 0 Å². The third-order valence-electron chi connectivity index (χ3n) is 3.21. The number of aromatic nitrogens is 1. The standard InChI is InChI=1S/C12H17BrN4O3/c1-9(18)8-15-2-4-16(5-3-15)12-11(13)6-10(7-14-12)17(19)20/h6-7,9,18H,2-5,8H2,1H3/t9-/m1/s1. The molecular weight excluding hydrogens is 328 g/mol. The summed E-state index contributed by atoms with van der Waals surface area (Å²) in [5.41, 5.74) is -0.0200. The zero-order valence-corrected chi connectivity index (χ0v) is 12.8. The number of halogens is 1. The number of nitro groups is 1. The Labute approximate surface area is 125 Å². The van der Waals surface area contributed by atoms with Crippen molar-refractivity contribution >= 4 is 27.4 Å². The van der Waals surface area contributed by atoms with E-state index in [4.69, 9.17) is 0 Å². The Hall–Kier alpha value is -1.25. The molecule has 0 amide bonds. The molecule has 0 radical (unpaired) electrons. The van der Waals surface area contributed by atoms with Crippen molar-refractivity contribution in [1.29, 1.82) is 0 Å². The third kappa shape index (κ3) is 3.65. The largest absolute Gasteiger partial charge is 0.392 e. The fraction of sp³-hybridized carbons (Fsp3) is 0.583. The van der Waals surface area contributed by atoms with E-state index in [1.165, 1.54) is 12.3 Å². The minimum atomic E-state index is -0.456. The van der Waals surface area contributed by atoms with Gasteiger partial charge in [-0.3, -0.25) is 15.0 Å². The van der Waals surface area contributed by atoms with Crippen LogP contribution in [0.4, 0.5) is 11.5 Å². The van der Waals surface area contributed by atoms with Crippen LogP contribution in [0.15, 0.2) is 16.7 Å². The molecule has 1 N–H and O–H groups in total. The molecule has 110 valence electrons. The van der Waals surface area contributed by atoms with Crippen LogP contribution in [0.1, 0.15) is 6.92 Å². The van der Waals surface area contributed by atoms with Crippen molar-refractivity contribution in [1.82, 2.24) is 9.88 Å². The SMILES string of the molecule is C[C@@H](O)CN1CCN(c2ncc([N+](=O)[O-])cc2Br)CC1. The summed E-state index contributed by atoms with van der Waals surface area (Å²) in [5, 5.41) is 20.1. The van der Waals surface area contributed by atoms with Gasteiger partial charge in [0.05, 0.1) is 15.5 Å². The average molecular weight is 345 g/mol. The first-order valence-corrected chi connectivity index (χ1v) is 7.22. The van der Waals surface area contributed by atoms with Crippen molar-refractivity contribution in [3.05, 3.63) is 26.9 Å². The molecule has 0 bridgehead atoms. The van der Waals surface area contributed by atoms with Crippen LogP contribution in [0.2, 0.25) is 0 Å². The van der Waals surface area contributed by atoms with Crippen LogP contribution in [0, 0.1) is 10.1 Å². The molecule has 1 aromatic rings. The summed E-state index contributed by atoms with van der Waals surface area (Å²) in [6.07, 6.45) is 0.952. The van der Waals surface area contributed by atoms with Crippen LogP contribution in [0.5, 0.6) is 0 Å². The summed E-state index contributed by atoms with van der Waals surface area (Å²) in [6.45, 7) is 5.71. The van der Waals surface area contributed by atoms with Crippen molar-refractivity contribution < 1.29 is 10.0 Å². The van der Waals surface area contributed by atoms with E-state index in [-0.39, 0.29) is 11.8 Å². The van der Waals surface area contributed by atoms with Gasteiger partial charge in [-0.2, -0.15) is 0 Å². The summed E-state index contributed by atoms with van der Waals surface area (Å²) in [7, 11) is 0. The van der Waals surface area contributed by atoms with Gasteiger partial charge in [0.25, 0.3) is 5.69 Å². The highest BCUT2D eigenvalue weighted by Crippen LogP contribution is 2.28. The molecule has 1 aliphatic rings. The number of hydrogen-bond donors (Lipinski definition) is 1. The van der Waals surface area contributed by atoms with E-state index in [1.54, 1.807) is 6.92 Å². The Kier molecular flexibility index (Phi) is 4.90. The first-order chi connectivity index (χ1) is 9.47. The van der Waals surface area contributed by atoms with Gasteiger partial charge in [0.15, 0.2) is 0 Å². The molecule has 1 atom stereocenters. The van der Waals surface area contributed by atoms with Crippen molar-refractivity contribution in [2.45, 2.75) is 13.0 Å². The van der Waals surface area contributed by atoms with E-state index in [2.05, 4.69) is 30.7 Å². The molecule has 1 saturated heterocycles. The van der Waals surface area contributed by atoms with Gasteiger partial charge >= 0.3 is 0 Å². The predicted octanol–water partition coefficient (Wildman–Crippen LogP) is 1.26. The van der Waals surface area contributed by atoms with Crippen LogP contribution < -0.4 is 4.90 Å². The Morgan fingerprint density at radius 2 is 2.15 bits per heavy atom. The highest BCUT2D eigenvalue weighted by molar-refractivity contribution is 9.10. The molecule has 8 heteroatoms. The smallest absolute Gasteiger partial charge is 0.288 e. The van der Waals surface area contributed by atoms with Crippen molar-refractivity contribution in [3.8, 4) is 0 Å². The third-order valence-corrected chi connectivity index (χ3v) is 3.80. The molecule has 0 saturated carbocycles. The highest BCUT2D eigenvalue weighted by Gasteiger charge is 2.21. The molecule has 20 heavy (non-hydrogen) atoms. The molecule has 7 nitrogen and oxygen atoms in total. The number of β-amino-alcohol motifs (C(OH)–C–C–N with tert-alkyl or cyclic N) is 1. The lowest BCUT2D eigenvalue weighted by molar-refractivity contribution is -0.385. The van der Waals surface area contributed by atoms with Gasteiger partial charge in [0.1, 0.15) is 12.0 Å². The lowest BCUT2D eigenvalue weighted by Crippen LogP contribution is -2.48. The fourth-order valence-corrected chi connectivity index (χ4v) is 2.86. The fourth-order valence-electron chi connectivity index (χ4n) is 2.27. The Bertz CT molecular complexity index is 490. The van der Waals surface area contributed by atoms with Crippen molar-refractivity contribution in [3.63, 3.8) is 0 Å². The maximum absolute atomic E-state index is 10.7. The summed E-state index contributed by atoms with van der Waals surface area (Å²) in [6, 6.07) is 1.48. The van der Waals surface area contributed by atoms with Gasteiger partial charge in [-0.05, 0) is 22.9 Å². The first-order valence-electron chi connectivity index (χ1n) is 6.42. The molecule has 2 rings (SSSR count). The molecule has 1 aliphatic heterocycles. The van der Waals surface area contributed by atoms with Gasteiger partial charge < -0.3 is 10.0 Å². The Morgan fingerprint density at radius 1 is 1.50 bits per heavy atom. The summed E-state index contributed by atoms with van der Waals surface area (Å²) < 4.78 is 0.635. The van der Waals surface area contributed by atoms with E-state index >= 15 is 0 Å². The summed E-state index contributed by atoms with van der Waals surface area (Å²) in [5.74, 6) is 0.729. The quantitative estimate of drug-likeness (QED) is 0.653. The number of rotatable bonds is 4. The topological polar surface area (TPSA) is 82.7 Å². The second kappa shape index (κ2) is 6.47. The maximum Gasteiger partial charge on any atom is 0.288 e. The predicted molar refractivity (Wildman–Crippen MR) is 78.9 cm³/mol. The van der Waals surface area contributed by atoms with Crippen LogP contribution in [-0.2, 0) is 0 Å². The highest BCUT2D eigenvalue weighted by atomic mass is 79.9. The normalized spacial score (nSPS) is 18.1. The molecule has 0 unspecified atom stereocenters. The Morgan fingerprint density at radius 3 is 2.65 bits per heavy atom. The Balaban J connectivity index is 2.02. The number of nitrogens with zero attached hydrogens (tertiary/aromatic N) is 4. The minimum Gasteiger partial charge on any atom is -0.392 e. The molecule has 1 aromatic heterocycles. The lowest BCUT2D eigenvalue weighted by Gasteiger charge is -2.36. The number of piperazine rings is 1. The van der Waals surface area contributed by atoms with Gasteiger partial charge in [0, 0.05) is 38.8 Å². The van der Waals surface area contributed by atoms with Crippen LogP contribution in [0.25, 0.3) is 0 Å². The minimum absolute atomic E-state index is 0.0200. The molecule has 0 aliphatic carbocycles. The van der Waals surface area contributed by atoms with E-state index in [0.29, 0.717) is 11.0 Å². The van der Waals surface area contributed by atoms with Gasteiger partial charge in [-0.15, -0.1) is 0 Å². The molecule has 1 fully saturated rings. The second-order valence-corrected chi connectivity index (χ2v) is 5.75. The number of pyridine rings is 1. The van der Waals surface area contributed by atoms with Gasteiger partial charge in [-0.25, -0.2) is 4.98 Å². The monoisotopic (exact) mass is 344 g/mol. The van der Waals surface area contributed by atoms with E-state index < -0.39 is 4.92 Å². The van der Waals surface area contributed by atoms with Crippen LogP contribution >= 0.6 is 15.9 Å². The zero-order chi connectivity index (χ0) is 14.7. The zero-order valence-electron chi connectivity index (χ0n) is 11.2. The molecule has 0 spiro atoms. The van der Waals surface area contributed by atoms with E-state index in [1.807, 2.05) is 0 Å². The summed E-state index contributed by atoms with van der Waals surface area (Å²) >= 11 is 3.34. The van der Waals surface area contributed by atoms with Crippen LogP contribution in [0.3, 0.4) is 0 Å². The number of hydrogen-bond acceptors (Lipinski definition) is 6.